The second kappa shape index (κ2) is 17.0. The zero-order valence-corrected chi connectivity index (χ0v) is 36.9. The van der Waals surface area contributed by atoms with Crippen LogP contribution in [0.15, 0.2) is 11.6 Å². The van der Waals surface area contributed by atoms with Crippen molar-refractivity contribution >= 4 is 0 Å². The Labute approximate surface area is 364 Å². The van der Waals surface area contributed by atoms with Crippen LogP contribution in [0.1, 0.15) is 92.9 Å². The third-order valence-corrected chi connectivity index (χ3v) is 18.0. The minimum Gasteiger partial charge on any atom is -0.394 e. The first-order chi connectivity index (χ1) is 29.3. The van der Waals surface area contributed by atoms with E-state index in [1.54, 1.807) is 0 Å². The Balaban J connectivity index is 0.873. The van der Waals surface area contributed by atoms with Gasteiger partial charge in [0.05, 0.1) is 37.1 Å². The minimum absolute atomic E-state index is 0.125. The number of piperidine rings is 1. The van der Waals surface area contributed by atoms with Gasteiger partial charge in [0.2, 0.25) is 0 Å². The van der Waals surface area contributed by atoms with Crippen LogP contribution in [-0.4, -0.2) is 175 Å². The lowest BCUT2D eigenvalue weighted by Crippen LogP contribution is -2.65. The quantitative estimate of drug-likeness (QED) is 0.148. The molecule has 62 heavy (non-hydrogen) atoms. The molecule has 9 aliphatic rings. The van der Waals surface area contributed by atoms with E-state index in [2.05, 4.69) is 39.1 Å². The van der Waals surface area contributed by atoms with Gasteiger partial charge < -0.3 is 79.1 Å². The van der Waals surface area contributed by atoms with Gasteiger partial charge in [0, 0.05) is 17.9 Å². The molecule has 3 saturated carbocycles. The molecule has 1 spiro atoms. The molecule has 5 aliphatic heterocycles. The molecule has 354 valence electrons. The van der Waals surface area contributed by atoms with Gasteiger partial charge in [-0.3, -0.25) is 5.32 Å². The summed E-state index contributed by atoms with van der Waals surface area (Å²) < 4.78 is 43.1. The Bertz CT molecular complexity index is 1630. The first-order valence-electron chi connectivity index (χ1n) is 23.4. The highest BCUT2D eigenvalue weighted by Crippen LogP contribution is 2.70. The Morgan fingerprint density at radius 3 is 2.08 bits per heavy atom. The van der Waals surface area contributed by atoms with Crippen molar-refractivity contribution in [2.45, 2.75) is 209 Å². The normalized spacial score (nSPS) is 58.9. The molecule has 0 bridgehead atoms. The lowest BCUT2D eigenvalue weighted by atomic mass is 9.46. The number of hydrogen-bond donors (Lipinski definition) is 10. The molecule has 5 saturated heterocycles. The van der Waals surface area contributed by atoms with Crippen molar-refractivity contribution in [2.24, 2.45) is 46.3 Å². The van der Waals surface area contributed by atoms with Gasteiger partial charge in [-0.05, 0) is 100 Å². The van der Waals surface area contributed by atoms with Crippen LogP contribution in [0, 0.1) is 46.3 Å². The molecule has 17 heteroatoms. The molecule has 27 atom stereocenters. The molecule has 0 aromatic rings. The van der Waals surface area contributed by atoms with Crippen LogP contribution in [0.25, 0.3) is 0 Å². The zero-order chi connectivity index (χ0) is 44.4. The molecule has 17 nitrogen and oxygen atoms in total. The first-order valence-corrected chi connectivity index (χ1v) is 23.4. The van der Waals surface area contributed by atoms with E-state index < -0.39 is 105 Å². The van der Waals surface area contributed by atoms with Crippen molar-refractivity contribution in [1.82, 2.24) is 5.32 Å². The van der Waals surface area contributed by atoms with Crippen molar-refractivity contribution in [1.29, 1.82) is 0 Å². The van der Waals surface area contributed by atoms with Gasteiger partial charge >= 0.3 is 0 Å². The van der Waals surface area contributed by atoms with Gasteiger partial charge in [-0.2, -0.15) is 0 Å². The van der Waals surface area contributed by atoms with Crippen molar-refractivity contribution in [3.63, 3.8) is 0 Å². The van der Waals surface area contributed by atoms with Crippen LogP contribution in [0.3, 0.4) is 0 Å². The van der Waals surface area contributed by atoms with Gasteiger partial charge in [-0.15, -0.1) is 0 Å². The smallest absolute Gasteiger partial charge is 0.187 e. The number of allylic oxidation sites excluding steroid dienone is 1. The zero-order valence-electron chi connectivity index (χ0n) is 36.9. The summed E-state index contributed by atoms with van der Waals surface area (Å²) in [5, 5.41) is 102. The monoisotopic (exact) mass is 883 g/mol. The number of fused-ring (bicyclic) bond motifs is 7. The molecule has 0 unspecified atom stereocenters. The fraction of sp³-hybridized carbons (Fsp3) is 0.956. The Morgan fingerprint density at radius 1 is 0.710 bits per heavy atom. The number of aliphatic hydroxyl groups is 9. The fourth-order valence-electron chi connectivity index (χ4n) is 14.1. The van der Waals surface area contributed by atoms with E-state index >= 15 is 0 Å². The highest BCUT2D eigenvalue weighted by Gasteiger charge is 2.71. The molecule has 0 aromatic carbocycles. The summed E-state index contributed by atoms with van der Waals surface area (Å²) in [7, 11) is 0. The van der Waals surface area contributed by atoms with Crippen LogP contribution >= 0.6 is 0 Å². The number of hydrogen-bond acceptors (Lipinski definition) is 17. The van der Waals surface area contributed by atoms with Gasteiger partial charge in [-0.25, -0.2) is 0 Å². The molecule has 5 heterocycles. The van der Waals surface area contributed by atoms with Crippen LogP contribution < -0.4 is 5.32 Å². The largest absolute Gasteiger partial charge is 0.394 e. The SMILES string of the molecule is C[C@@H]1CC[C@@]2(NC1)O[C@H]1C[C@@H]3[C@H]4CC=C5C[C@@H](O[C@@H]6O[C@H](CO)[C@@H](O)[C@H](O)[C@H]6O[C@@H]6O[C@@H](C)[C@H](O[C@@H]7O[C@@H](C)[C@H](O)[C@@H](O)[C@H]7O)[C@@H](O)[C@H]6O)CC[C@]5(C)[C@H]4C[C@H](O)[C@]3(C)[C@H]1[C@@H]2C. The molecular formula is C45H73NO16. The van der Waals surface area contributed by atoms with E-state index in [1.807, 2.05) is 0 Å². The summed E-state index contributed by atoms with van der Waals surface area (Å²) in [4.78, 5) is 0. The van der Waals surface area contributed by atoms with E-state index in [1.165, 1.54) is 19.4 Å². The standard InChI is InChI=1S/C45H73NO16/c1-18-9-12-45(46-16-18)19(2)30-27(62-45)14-26-24-8-7-22-13-23(10-11-43(22,5)25(24)15-29(48)44(26,30)6)58-42-39(34(52)32(50)28(17-47)59-42)61-41-37(55)35(53)38(21(4)57-41)60-40-36(54)33(51)31(49)20(3)56-40/h7,18-21,23-42,46-55H,8-17H2,1-6H3/t18-,19+,20+,21+,23+,24+,25+,26-,27+,28-,29+,30+,31+,32-,33-,34+,35+,36-,37-,38+,39-,40+,41+,42-,43+,44-,45-/m1/s1. The second-order valence-corrected chi connectivity index (χ2v) is 21.3. The van der Waals surface area contributed by atoms with Crippen LogP contribution in [0.4, 0.5) is 0 Å². The molecule has 9 rings (SSSR count). The summed E-state index contributed by atoms with van der Waals surface area (Å²) >= 11 is 0. The third-order valence-electron chi connectivity index (χ3n) is 18.0. The Kier molecular flexibility index (Phi) is 12.7. The first kappa shape index (κ1) is 46.2. The number of ether oxygens (including phenoxy) is 7. The molecule has 0 aromatic heterocycles. The maximum atomic E-state index is 12.3. The Morgan fingerprint density at radius 2 is 1.39 bits per heavy atom. The maximum absolute atomic E-state index is 12.3. The average molecular weight is 884 g/mol. The van der Waals surface area contributed by atoms with Crippen LogP contribution in [0.5, 0.6) is 0 Å². The van der Waals surface area contributed by atoms with E-state index in [9.17, 15) is 46.0 Å². The second-order valence-electron chi connectivity index (χ2n) is 21.3. The van der Waals surface area contributed by atoms with Gasteiger partial charge in [-0.1, -0.05) is 39.3 Å². The summed E-state index contributed by atoms with van der Waals surface area (Å²) in [6, 6.07) is 0. The summed E-state index contributed by atoms with van der Waals surface area (Å²) in [5.41, 5.74) is 0.559. The van der Waals surface area contributed by atoms with Crippen LogP contribution in [0.2, 0.25) is 0 Å². The number of rotatable bonds is 7. The summed E-state index contributed by atoms with van der Waals surface area (Å²) in [5.74, 6) is 2.26. The van der Waals surface area contributed by atoms with E-state index in [-0.39, 0.29) is 40.6 Å². The molecule has 10 N–H and O–H groups in total. The highest BCUT2D eigenvalue weighted by atomic mass is 16.8. The van der Waals surface area contributed by atoms with Crippen molar-refractivity contribution in [3.05, 3.63) is 11.6 Å². The number of aliphatic hydroxyl groups excluding tert-OH is 9. The summed E-state index contributed by atoms with van der Waals surface area (Å²) in [6.45, 7) is 12.7. The molecule has 0 radical (unpaired) electrons. The topological polar surface area (TPSA) is 259 Å². The predicted molar refractivity (Wildman–Crippen MR) is 216 cm³/mol. The minimum atomic E-state index is -1.77. The van der Waals surface area contributed by atoms with E-state index in [0.29, 0.717) is 36.5 Å². The lowest BCUT2D eigenvalue weighted by molar-refractivity contribution is -0.383. The third kappa shape index (κ3) is 7.31. The van der Waals surface area contributed by atoms with Crippen molar-refractivity contribution in [3.8, 4) is 0 Å². The molecule has 8 fully saturated rings. The maximum Gasteiger partial charge on any atom is 0.187 e. The van der Waals surface area contributed by atoms with Gasteiger partial charge in [0.25, 0.3) is 0 Å². The molecular weight excluding hydrogens is 810 g/mol. The fourth-order valence-corrected chi connectivity index (χ4v) is 14.1. The Hall–Kier alpha value is -0.940. The van der Waals surface area contributed by atoms with E-state index in [4.69, 9.17) is 33.2 Å². The van der Waals surface area contributed by atoms with Crippen LogP contribution in [-0.2, 0) is 33.2 Å². The van der Waals surface area contributed by atoms with Crippen molar-refractivity contribution < 1.29 is 79.1 Å². The van der Waals surface area contributed by atoms with Gasteiger partial charge in [0.15, 0.2) is 18.9 Å². The van der Waals surface area contributed by atoms with Crippen molar-refractivity contribution in [2.75, 3.05) is 13.2 Å². The molecule has 0 amide bonds. The predicted octanol–water partition coefficient (Wildman–Crippen LogP) is -0.214. The number of nitrogens with one attached hydrogen (secondary N) is 1. The summed E-state index contributed by atoms with van der Waals surface area (Å²) in [6.07, 6.45) is -13.0. The molecule has 4 aliphatic carbocycles. The highest BCUT2D eigenvalue weighted by molar-refractivity contribution is 5.27. The average Bonchev–Trinajstić information content (AvgIpc) is 3.70. The van der Waals surface area contributed by atoms with Gasteiger partial charge in [0.1, 0.15) is 66.8 Å². The van der Waals surface area contributed by atoms with E-state index in [0.717, 1.165) is 45.1 Å². The lowest BCUT2D eigenvalue weighted by Gasteiger charge is -2.60.